The van der Waals surface area contributed by atoms with Gasteiger partial charge < -0.3 is 46.0 Å². The molecular weight excluding hydrogens is 813 g/mol. The highest BCUT2D eigenvalue weighted by atomic mass is 31.2. The van der Waals surface area contributed by atoms with Crippen LogP contribution in [-0.4, -0.2) is 108 Å². The molecule has 1 rings (SSSR count). The molecule has 0 aliphatic heterocycles. The Morgan fingerprint density at radius 3 is 1.45 bits per heavy atom. The van der Waals surface area contributed by atoms with E-state index in [2.05, 4.69) is 43.5 Å². The van der Waals surface area contributed by atoms with Crippen molar-refractivity contribution in [2.45, 2.75) is 255 Å². The number of hydrogen-bond acceptors (Lipinski definition) is 11. The van der Waals surface area contributed by atoms with Crippen LogP contribution in [0, 0.1) is 0 Å². The second-order valence-electron chi connectivity index (χ2n) is 17.5. The molecule has 8 unspecified atom stereocenters. The fourth-order valence-corrected chi connectivity index (χ4v) is 8.67. The zero-order valence-electron chi connectivity index (χ0n) is 38.5. The average Bonchev–Trinajstić information content (AvgIpc) is 3.24. The summed E-state index contributed by atoms with van der Waals surface area (Å²) in [5.41, 5.74) is 0. The summed E-state index contributed by atoms with van der Waals surface area (Å²) in [6.45, 7) is 3.71. The molecule has 1 saturated carbocycles. The van der Waals surface area contributed by atoms with Crippen molar-refractivity contribution in [2.24, 2.45) is 0 Å². The number of unbranched alkanes of at least 4 members (excludes halogenated alkanes) is 24. The van der Waals surface area contributed by atoms with E-state index in [4.69, 9.17) is 9.05 Å². The second kappa shape index (κ2) is 37.7. The van der Waals surface area contributed by atoms with Crippen LogP contribution in [0.1, 0.15) is 200 Å². The van der Waals surface area contributed by atoms with Gasteiger partial charge in [0, 0.05) is 0 Å². The van der Waals surface area contributed by atoms with Crippen molar-refractivity contribution >= 4 is 13.7 Å². The quantitative estimate of drug-likeness (QED) is 0.0122. The number of aliphatic hydroxyl groups is 7. The average molecular weight is 904 g/mol. The maximum absolute atomic E-state index is 13.0. The highest BCUT2D eigenvalue weighted by Gasteiger charge is 2.51. The molecule has 62 heavy (non-hydrogen) atoms. The van der Waals surface area contributed by atoms with Gasteiger partial charge in [-0.1, -0.05) is 185 Å². The van der Waals surface area contributed by atoms with Crippen LogP contribution in [0.5, 0.6) is 0 Å². The van der Waals surface area contributed by atoms with Crippen molar-refractivity contribution < 1.29 is 59.0 Å². The third-order valence-electron chi connectivity index (χ3n) is 11.7. The first-order chi connectivity index (χ1) is 29.8. The van der Waals surface area contributed by atoms with Crippen LogP contribution in [0.25, 0.3) is 0 Å². The molecule has 8 atom stereocenters. The van der Waals surface area contributed by atoms with Crippen molar-refractivity contribution in [1.29, 1.82) is 0 Å². The fourth-order valence-electron chi connectivity index (χ4n) is 7.70. The Bertz CT molecular complexity index is 1200. The van der Waals surface area contributed by atoms with Gasteiger partial charge in [-0.05, 0) is 44.9 Å². The predicted molar refractivity (Wildman–Crippen MR) is 247 cm³/mol. The molecule has 1 amide bonds. The minimum Gasteiger partial charge on any atom is -0.393 e. The molecule has 364 valence electrons. The smallest absolute Gasteiger partial charge is 0.393 e. The van der Waals surface area contributed by atoms with Gasteiger partial charge in [-0.25, -0.2) is 4.57 Å². The Labute approximate surface area is 375 Å². The number of carbonyl (C=O) groups excluding carboxylic acids is 1. The maximum Gasteiger partial charge on any atom is 0.472 e. The van der Waals surface area contributed by atoms with Crippen LogP contribution in [0.15, 0.2) is 36.5 Å². The number of aliphatic hydroxyl groups excluding tert-OH is 7. The van der Waals surface area contributed by atoms with Crippen molar-refractivity contribution in [1.82, 2.24) is 5.32 Å². The number of amides is 1. The Balaban J connectivity index is 2.52. The topological polar surface area (TPSA) is 226 Å². The summed E-state index contributed by atoms with van der Waals surface area (Å²) >= 11 is 0. The first-order valence-corrected chi connectivity index (χ1v) is 26.0. The van der Waals surface area contributed by atoms with Gasteiger partial charge in [0.05, 0.1) is 31.3 Å². The van der Waals surface area contributed by atoms with Gasteiger partial charge in [-0.2, -0.15) is 0 Å². The van der Waals surface area contributed by atoms with Crippen LogP contribution in [0.4, 0.5) is 0 Å². The number of phosphoric ester groups is 1. The minimum atomic E-state index is -5.14. The van der Waals surface area contributed by atoms with Gasteiger partial charge in [-0.15, -0.1) is 0 Å². The molecule has 0 aromatic heterocycles. The summed E-state index contributed by atoms with van der Waals surface area (Å²) in [5.74, 6) is -0.597. The highest BCUT2D eigenvalue weighted by molar-refractivity contribution is 7.47. The zero-order chi connectivity index (χ0) is 45.9. The Morgan fingerprint density at radius 1 is 0.581 bits per heavy atom. The zero-order valence-corrected chi connectivity index (χ0v) is 39.4. The van der Waals surface area contributed by atoms with Gasteiger partial charge in [-0.3, -0.25) is 13.8 Å². The summed E-state index contributed by atoms with van der Waals surface area (Å²) < 4.78 is 22.9. The lowest BCUT2D eigenvalue weighted by molar-refractivity contribution is -0.220. The lowest BCUT2D eigenvalue weighted by Gasteiger charge is -2.41. The summed E-state index contributed by atoms with van der Waals surface area (Å²) in [6.07, 6.45) is 29.3. The van der Waals surface area contributed by atoms with E-state index in [1.54, 1.807) is 6.08 Å². The minimum absolute atomic E-state index is 0.249. The van der Waals surface area contributed by atoms with Crippen LogP contribution in [0.2, 0.25) is 0 Å². The Kier molecular flexibility index (Phi) is 35.6. The monoisotopic (exact) mass is 904 g/mol. The van der Waals surface area contributed by atoms with E-state index in [1.165, 1.54) is 115 Å². The van der Waals surface area contributed by atoms with Crippen molar-refractivity contribution in [2.75, 3.05) is 6.61 Å². The Hall–Kier alpha value is -1.48. The van der Waals surface area contributed by atoms with Gasteiger partial charge >= 0.3 is 7.82 Å². The molecule has 9 N–H and O–H groups in total. The normalized spacial score (nSPS) is 23.3. The van der Waals surface area contributed by atoms with E-state index >= 15 is 0 Å². The molecule has 14 heteroatoms. The number of carbonyl (C=O) groups is 1. The first-order valence-electron chi connectivity index (χ1n) is 24.5. The van der Waals surface area contributed by atoms with Crippen LogP contribution >= 0.6 is 7.82 Å². The van der Waals surface area contributed by atoms with E-state index in [1.807, 2.05) is 0 Å². The van der Waals surface area contributed by atoms with Gasteiger partial charge in [0.25, 0.3) is 0 Å². The largest absolute Gasteiger partial charge is 0.472 e. The molecule has 0 aromatic carbocycles. The summed E-state index contributed by atoms with van der Waals surface area (Å²) in [7, 11) is -5.14. The van der Waals surface area contributed by atoms with Gasteiger partial charge in [0.1, 0.15) is 36.6 Å². The second-order valence-corrected chi connectivity index (χ2v) is 18.9. The number of hydrogen-bond donors (Lipinski definition) is 9. The molecule has 1 fully saturated rings. The molecule has 1 aliphatic carbocycles. The van der Waals surface area contributed by atoms with Gasteiger partial charge in [0.15, 0.2) is 0 Å². The standard InChI is InChI=1S/C48H90NO12P/c1-3-5-7-9-11-13-15-17-19-20-22-23-25-27-29-31-33-35-39(50)37-42(52)49-40(38-60-62(58,59)61-48-46(56)44(54)43(53)45(55)47(48)57)41(51)36-34-32-30-28-26-24-21-18-16-14-12-10-8-6-4-2/h11,13,15,17,34,36,39-41,43-48,50-51,53-57H,3-10,12,14,16,18-33,35,37-38H2,1-2H3,(H,49,52)(H,58,59)/b13-11-,17-15-,36-34+. The molecular formula is C48H90NO12P. The van der Waals surface area contributed by atoms with E-state index in [0.29, 0.717) is 12.8 Å². The molecule has 1 aliphatic rings. The predicted octanol–water partition coefficient (Wildman–Crippen LogP) is 8.53. The lowest BCUT2D eigenvalue weighted by Crippen LogP contribution is -2.64. The van der Waals surface area contributed by atoms with Crippen LogP contribution < -0.4 is 5.32 Å². The van der Waals surface area contributed by atoms with Crippen LogP contribution in [-0.2, 0) is 18.4 Å². The molecule has 0 radical (unpaired) electrons. The number of rotatable bonds is 40. The lowest BCUT2D eigenvalue weighted by atomic mass is 9.85. The van der Waals surface area contributed by atoms with E-state index in [0.717, 1.165) is 57.8 Å². The molecule has 0 saturated heterocycles. The molecule has 13 nitrogen and oxygen atoms in total. The summed E-state index contributed by atoms with van der Waals surface area (Å²) in [6, 6.07) is -1.24. The summed E-state index contributed by atoms with van der Waals surface area (Å²) in [4.78, 5) is 23.5. The Morgan fingerprint density at radius 2 is 0.968 bits per heavy atom. The molecule has 0 bridgehead atoms. The van der Waals surface area contributed by atoms with Crippen molar-refractivity contribution in [3.63, 3.8) is 0 Å². The highest BCUT2D eigenvalue weighted by Crippen LogP contribution is 2.47. The van der Waals surface area contributed by atoms with E-state index in [-0.39, 0.29) is 6.42 Å². The molecule has 0 aromatic rings. The number of allylic oxidation sites excluding steroid dienone is 5. The SMILES string of the molecule is CCCCC/C=C\C=C/CCCCCCCCCCC(O)CC(=O)NC(COP(=O)(O)OC1C(O)C(O)C(O)C(O)C1O)C(O)/C=C/CCCCCCCCCCCCCCC. The number of nitrogens with one attached hydrogen (secondary N) is 1. The molecule has 0 heterocycles. The van der Waals surface area contributed by atoms with Crippen molar-refractivity contribution in [3.05, 3.63) is 36.5 Å². The van der Waals surface area contributed by atoms with E-state index in [9.17, 15) is 50.0 Å². The van der Waals surface area contributed by atoms with E-state index < -0.39 is 75.2 Å². The van der Waals surface area contributed by atoms with Crippen molar-refractivity contribution in [3.8, 4) is 0 Å². The first kappa shape index (κ1) is 58.5. The fraction of sp³-hybridized carbons (Fsp3) is 0.854. The summed E-state index contributed by atoms with van der Waals surface area (Å²) in [5, 5.41) is 74.5. The van der Waals surface area contributed by atoms with Gasteiger partial charge in [0.2, 0.25) is 5.91 Å². The number of phosphoric acid groups is 1. The maximum atomic E-state index is 13.0. The third-order valence-corrected chi connectivity index (χ3v) is 12.7. The van der Waals surface area contributed by atoms with Crippen LogP contribution in [0.3, 0.4) is 0 Å². The third kappa shape index (κ3) is 29.1. The molecule has 0 spiro atoms.